The smallest absolute Gasteiger partial charge is 0.457 e. The number of carbonyl (C=O) groups excluding carboxylic acids is 1. The molecule has 0 aliphatic carbocycles. The zero-order valence-corrected chi connectivity index (χ0v) is 41.0. The van der Waals surface area contributed by atoms with Crippen molar-refractivity contribution < 1.29 is 43.0 Å². The molecule has 3 atom stereocenters. The molecule has 0 rings (SSSR count). The van der Waals surface area contributed by atoms with Crippen LogP contribution in [0.1, 0.15) is 232 Å². The fourth-order valence-electron chi connectivity index (χ4n) is 7.13. The molecule has 0 aliphatic heterocycles. The fourth-order valence-corrected chi connectivity index (χ4v) is 7.92. The van der Waals surface area contributed by atoms with Crippen molar-refractivity contribution >= 4 is 13.8 Å². The predicted octanol–water partition coefficient (Wildman–Crippen LogP) is 14.9. The van der Waals surface area contributed by atoms with Gasteiger partial charge in [0.25, 0.3) is 0 Å². The van der Waals surface area contributed by atoms with Gasteiger partial charge in [-0.3, -0.25) is 13.8 Å². The number of allylic oxidation sites excluding steroid dienone is 8. The Morgan fingerprint density at radius 2 is 0.919 bits per heavy atom. The monoisotopic (exact) mass is 897 g/mol. The second kappa shape index (κ2) is 48.9. The number of rotatable bonds is 49. The number of unbranched alkanes of at least 4 members (excludes halogenated alkanes) is 27. The van der Waals surface area contributed by atoms with Crippen LogP contribution < -0.4 is 0 Å². The summed E-state index contributed by atoms with van der Waals surface area (Å²) in [6.45, 7) is 3.42. The third-order valence-corrected chi connectivity index (χ3v) is 11.9. The Morgan fingerprint density at radius 3 is 1.40 bits per heavy atom. The zero-order chi connectivity index (χ0) is 45.3. The molecule has 364 valence electrons. The largest absolute Gasteiger partial charge is 0.472 e. The van der Waals surface area contributed by atoms with Gasteiger partial charge in [-0.05, 0) is 70.6 Å². The molecule has 0 amide bonds. The van der Waals surface area contributed by atoms with Crippen molar-refractivity contribution in [1.82, 2.24) is 0 Å². The van der Waals surface area contributed by atoms with Gasteiger partial charge >= 0.3 is 13.8 Å². The van der Waals surface area contributed by atoms with Gasteiger partial charge in [0.15, 0.2) is 0 Å². The number of hydrogen-bond acceptors (Lipinski definition) is 8. The van der Waals surface area contributed by atoms with Crippen molar-refractivity contribution in [2.24, 2.45) is 0 Å². The highest BCUT2D eigenvalue weighted by Gasteiger charge is 2.26. The Labute approximate surface area is 381 Å². The fraction of sp³-hybridized carbons (Fsp3) is 0.827. The summed E-state index contributed by atoms with van der Waals surface area (Å²) in [7, 11) is -4.53. The molecule has 0 aromatic heterocycles. The van der Waals surface area contributed by atoms with Crippen LogP contribution in [0.15, 0.2) is 48.6 Å². The topological polar surface area (TPSA) is 132 Å². The molecule has 10 heteroatoms. The van der Waals surface area contributed by atoms with Gasteiger partial charge in [0.2, 0.25) is 0 Å². The molecule has 3 unspecified atom stereocenters. The van der Waals surface area contributed by atoms with E-state index in [1.807, 2.05) is 0 Å². The summed E-state index contributed by atoms with van der Waals surface area (Å²) < 4.78 is 33.5. The second-order valence-corrected chi connectivity index (χ2v) is 18.6. The molecule has 0 radical (unpaired) electrons. The summed E-state index contributed by atoms with van der Waals surface area (Å²) in [6.07, 6.45) is 56.5. The maximum atomic E-state index is 12.7. The lowest BCUT2D eigenvalue weighted by molar-refractivity contribution is -0.154. The van der Waals surface area contributed by atoms with E-state index in [9.17, 15) is 19.4 Å². The van der Waals surface area contributed by atoms with Crippen molar-refractivity contribution in [3.05, 3.63) is 48.6 Å². The van der Waals surface area contributed by atoms with Crippen molar-refractivity contribution in [3.8, 4) is 0 Å². The number of phosphoric acid groups is 1. The first kappa shape index (κ1) is 60.4. The highest BCUT2D eigenvalue weighted by Crippen LogP contribution is 2.43. The van der Waals surface area contributed by atoms with Crippen LogP contribution in [0.5, 0.6) is 0 Å². The average Bonchev–Trinajstić information content (AvgIpc) is 3.26. The standard InChI is InChI=1S/C52H97O9P/c1-3-5-7-9-11-13-15-17-19-21-22-23-24-25-26-27-29-31-33-35-37-39-41-43-45-58-48-51(49-60-62(56,57)59-47-50(54)46-53)61-52(55)44-42-40-38-36-34-32-30-28-20-18-16-14-12-10-8-6-4-2/h6,8,12,14,18,20-22,50-51,53-54H,3-5,7,9-11,13,15-17,19,23-49H2,1-2H3,(H,56,57)/b8-6-,14-12-,20-18-,22-21-. The van der Waals surface area contributed by atoms with Gasteiger partial charge < -0.3 is 24.6 Å². The molecule has 0 bridgehead atoms. The molecule has 0 aromatic carbocycles. The summed E-state index contributed by atoms with van der Waals surface area (Å²) in [4.78, 5) is 22.7. The van der Waals surface area contributed by atoms with E-state index in [-0.39, 0.29) is 19.6 Å². The van der Waals surface area contributed by atoms with Crippen LogP contribution in [0.2, 0.25) is 0 Å². The lowest BCUT2D eigenvalue weighted by Crippen LogP contribution is -2.29. The van der Waals surface area contributed by atoms with Crippen molar-refractivity contribution in [1.29, 1.82) is 0 Å². The Kier molecular flexibility index (Phi) is 47.6. The normalized spacial score (nSPS) is 14.2. The van der Waals surface area contributed by atoms with Gasteiger partial charge in [-0.2, -0.15) is 0 Å². The zero-order valence-electron chi connectivity index (χ0n) is 40.1. The van der Waals surface area contributed by atoms with E-state index in [1.54, 1.807) is 0 Å². The number of hydrogen-bond donors (Lipinski definition) is 3. The summed E-state index contributed by atoms with van der Waals surface area (Å²) >= 11 is 0. The SMILES string of the molecule is CC/C=C\C/C=C\C/C=C\CCCCCCCCCC(=O)OC(COCCCCCCCCCCCCCC/C=C\CCCCCCCCCC)COP(=O)(O)OCC(O)CO. The number of aliphatic hydroxyl groups excluding tert-OH is 2. The van der Waals surface area contributed by atoms with Crippen molar-refractivity contribution in [3.63, 3.8) is 0 Å². The van der Waals surface area contributed by atoms with Crippen LogP contribution >= 0.6 is 7.82 Å². The van der Waals surface area contributed by atoms with Crippen molar-refractivity contribution in [2.75, 3.05) is 33.0 Å². The van der Waals surface area contributed by atoms with Crippen LogP contribution in [-0.2, 0) is 27.9 Å². The molecule has 0 saturated heterocycles. The van der Waals surface area contributed by atoms with Crippen LogP contribution in [0, 0.1) is 0 Å². The number of aliphatic hydroxyl groups is 2. The Hall–Kier alpha value is -1.58. The number of esters is 1. The molecule has 0 saturated carbocycles. The van der Waals surface area contributed by atoms with Gasteiger partial charge in [-0.15, -0.1) is 0 Å². The highest BCUT2D eigenvalue weighted by atomic mass is 31.2. The summed E-state index contributed by atoms with van der Waals surface area (Å²) in [6, 6.07) is 0. The minimum atomic E-state index is -4.53. The molecule has 0 heterocycles. The van der Waals surface area contributed by atoms with Crippen molar-refractivity contribution in [2.45, 2.75) is 244 Å². The first-order valence-electron chi connectivity index (χ1n) is 25.6. The summed E-state index contributed by atoms with van der Waals surface area (Å²) in [5.41, 5.74) is 0. The highest BCUT2D eigenvalue weighted by molar-refractivity contribution is 7.47. The molecule has 0 spiro atoms. The average molecular weight is 897 g/mol. The number of ether oxygens (including phenoxy) is 2. The van der Waals surface area contributed by atoms with E-state index < -0.39 is 39.2 Å². The Morgan fingerprint density at radius 1 is 0.516 bits per heavy atom. The predicted molar refractivity (Wildman–Crippen MR) is 260 cm³/mol. The Balaban J connectivity index is 4.04. The van der Waals surface area contributed by atoms with Crippen LogP contribution in [0.25, 0.3) is 0 Å². The summed E-state index contributed by atoms with van der Waals surface area (Å²) in [5, 5.41) is 18.4. The molecular formula is C52H97O9P. The minimum absolute atomic E-state index is 0.0452. The molecule has 62 heavy (non-hydrogen) atoms. The van der Waals surface area contributed by atoms with Gasteiger partial charge in [0, 0.05) is 13.0 Å². The maximum absolute atomic E-state index is 12.7. The molecule has 0 fully saturated rings. The van der Waals surface area contributed by atoms with Crippen LogP contribution in [0.4, 0.5) is 0 Å². The number of phosphoric ester groups is 1. The van der Waals surface area contributed by atoms with E-state index in [1.165, 1.54) is 141 Å². The van der Waals surface area contributed by atoms with E-state index in [0.29, 0.717) is 6.61 Å². The second-order valence-electron chi connectivity index (χ2n) is 17.2. The molecular weight excluding hydrogens is 800 g/mol. The first-order chi connectivity index (χ1) is 30.3. The lowest BCUT2D eigenvalue weighted by Gasteiger charge is -2.20. The minimum Gasteiger partial charge on any atom is -0.457 e. The lowest BCUT2D eigenvalue weighted by atomic mass is 10.0. The van der Waals surface area contributed by atoms with Gasteiger partial charge in [0.1, 0.15) is 12.2 Å². The van der Waals surface area contributed by atoms with E-state index >= 15 is 0 Å². The van der Waals surface area contributed by atoms with E-state index in [0.717, 1.165) is 70.6 Å². The van der Waals surface area contributed by atoms with E-state index in [4.69, 9.17) is 23.6 Å². The molecule has 9 nitrogen and oxygen atoms in total. The quantitative estimate of drug-likeness (QED) is 0.0236. The van der Waals surface area contributed by atoms with Crippen LogP contribution in [-0.4, -0.2) is 66.3 Å². The van der Waals surface area contributed by atoms with E-state index in [2.05, 4.69) is 62.5 Å². The third-order valence-electron chi connectivity index (χ3n) is 11.0. The summed E-state index contributed by atoms with van der Waals surface area (Å²) in [5.74, 6) is -0.391. The van der Waals surface area contributed by atoms with Crippen LogP contribution in [0.3, 0.4) is 0 Å². The molecule has 0 aromatic rings. The Bertz CT molecular complexity index is 1110. The number of carbonyl (C=O) groups is 1. The third kappa shape index (κ3) is 47.9. The molecule has 3 N–H and O–H groups in total. The first-order valence-corrected chi connectivity index (χ1v) is 27.1. The van der Waals surface area contributed by atoms with Gasteiger partial charge in [0.05, 0.1) is 26.4 Å². The molecule has 0 aliphatic rings. The van der Waals surface area contributed by atoms with Gasteiger partial charge in [-0.1, -0.05) is 204 Å². The van der Waals surface area contributed by atoms with Gasteiger partial charge in [-0.25, -0.2) is 4.57 Å². The maximum Gasteiger partial charge on any atom is 0.472 e.